The molecule has 0 aromatic heterocycles. The van der Waals surface area contributed by atoms with E-state index >= 15 is 0 Å². The van der Waals surface area contributed by atoms with Crippen LogP contribution in [-0.2, 0) is 24.7 Å². The molecule has 61 heavy (non-hydrogen) atoms. The summed E-state index contributed by atoms with van der Waals surface area (Å²) >= 11 is -5.00. The number of hydrogen-bond acceptors (Lipinski definition) is 0. The summed E-state index contributed by atoms with van der Waals surface area (Å²) in [5, 5.41) is 2.72. The Labute approximate surface area is 382 Å². The molecule has 0 amide bonds. The van der Waals surface area contributed by atoms with Crippen LogP contribution in [0.4, 0.5) is 0 Å². The Morgan fingerprint density at radius 3 is 2.00 bits per heavy atom. The SMILES string of the molecule is Cl.Cl.[CH2]=[Zr]([CH3])([C]1=CC(C2(C)C3CC4CC(C3)CC2C4)=CC1C)([c]1ccc2ccccc2c1)[C]1(C)C2=C3Cc4ccccc4C3=C3C=CCCC3C2(C)C(C)(C)C(C)(C)C1(C)C. The van der Waals surface area contributed by atoms with Gasteiger partial charge in [-0.2, -0.15) is 0 Å². The van der Waals surface area contributed by atoms with Crippen LogP contribution in [0, 0.1) is 62.6 Å². The Hall–Kier alpha value is -2.05. The second-order valence-corrected chi connectivity index (χ2v) is 39.6. The van der Waals surface area contributed by atoms with Crippen molar-refractivity contribution in [2.24, 2.45) is 62.6 Å². The molecular weight excluding hydrogens is 859 g/mol. The van der Waals surface area contributed by atoms with E-state index in [9.17, 15) is 0 Å². The number of rotatable bonds is 4. The number of hydrogen-bond donors (Lipinski definition) is 0. The second-order valence-electron chi connectivity index (χ2n) is 24.4. The minimum atomic E-state index is -5.00. The third-order valence-corrected chi connectivity index (χ3v) is 41.3. The molecule has 0 aliphatic heterocycles. The molecule has 324 valence electrons. The van der Waals surface area contributed by atoms with Gasteiger partial charge in [0.2, 0.25) is 0 Å². The third kappa shape index (κ3) is 4.92. The first-order valence-corrected chi connectivity index (χ1v) is 31.8. The summed E-state index contributed by atoms with van der Waals surface area (Å²) in [7, 11) is 0. The number of allylic oxidation sites excluding steroid dienone is 10. The Morgan fingerprint density at radius 1 is 0.705 bits per heavy atom. The van der Waals surface area contributed by atoms with Crippen molar-refractivity contribution >= 4 is 48.6 Å². The molecule has 12 rings (SSSR count). The predicted octanol–water partition coefficient (Wildman–Crippen LogP) is 16.0. The Morgan fingerprint density at radius 2 is 1.33 bits per heavy atom. The van der Waals surface area contributed by atoms with Gasteiger partial charge in [-0.3, -0.25) is 0 Å². The Balaban J connectivity index is 0.00000238. The van der Waals surface area contributed by atoms with Gasteiger partial charge in [0.05, 0.1) is 0 Å². The van der Waals surface area contributed by atoms with Crippen molar-refractivity contribution in [1.29, 1.82) is 0 Å². The van der Waals surface area contributed by atoms with Gasteiger partial charge in [-0.25, -0.2) is 0 Å². The molecule has 0 saturated heterocycles. The van der Waals surface area contributed by atoms with Crippen LogP contribution in [0.2, 0.25) is 7.75 Å². The van der Waals surface area contributed by atoms with Crippen molar-refractivity contribution in [2.45, 2.75) is 128 Å². The minimum absolute atomic E-state index is 0. The fraction of sp³-hybridized carbons (Fsp3) is 0.534. The van der Waals surface area contributed by atoms with Crippen LogP contribution in [0.15, 0.2) is 117 Å². The van der Waals surface area contributed by atoms with Crippen LogP contribution in [0.25, 0.3) is 16.3 Å². The van der Waals surface area contributed by atoms with Crippen molar-refractivity contribution in [1.82, 2.24) is 0 Å². The second kappa shape index (κ2) is 13.5. The molecule has 5 fully saturated rings. The quantitative estimate of drug-likeness (QED) is 0.245. The zero-order chi connectivity index (χ0) is 41.5. The topological polar surface area (TPSA) is 0 Å². The van der Waals surface area contributed by atoms with E-state index in [0.717, 1.165) is 36.5 Å². The summed E-state index contributed by atoms with van der Waals surface area (Å²) in [4.78, 5) is 0. The van der Waals surface area contributed by atoms with Crippen LogP contribution in [0.1, 0.15) is 125 Å². The molecule has 0 heterocycles. The fourth-order valence-corrected chi connectivity index (χ4v) is 36.4. The maximum atomic E-state index is 6.24. The normalized spacial score (nSPS) is 37.2. The average Bonchev–Trinajstić information content (AvgIpc) is 3.80. The van der Waals surface area contributed by atoms with Gasteiger partial charge in [0.15, 0.2) is 0 Å². The summed E-state index contributed by atoms with van der Waals surface area (Å²) < 4.78 is 12.3. The zero-order valence-corrected chi connectivity index (χ0v) is 43.4. The molecule has 9 aliphatic carbocycles. The first kappa shape index (κ1) is 44.2. The standard InChI is InChI=1S/C29H37.C17H23.C10H7.CH3.CH2.2ClH.Zr/c1-18-25-22-17-19-13-9-10-14-20(19)24(22)21-15-11-12-16-23(21)29(25,8)28(6,7)27(4,5)26(18,2)3;1-11-3-4-14(5-11)17(2)15-7-12-6-13(9-15)10-16(17)8-12;1-2-6-10-8-4-3-7-9(10)5-1;;;;;/h9-11,13-15,23H,12,16-17H2,1-8H3;4-5,11-13,15-16H,6-10H2,1-2H3;1-3,5-8H;1H3;1H2;2*1H;. The molecule has 0 spiro atoms. The molecule has 4 atom stereocenters. The summed E-state index contributed by atoms with van der Waals surface area (Å²) in [6.07, 6.45) is 21.5. The van der Waals surface area contributed by atoms with Crippen LogP contribution < -0.4 is 3.27 Å². The van der Waals surface area contributed by atoms with Crippen molar-refractivity contribution in [2.75, 3.05) is 0 Å². The van der Waals surface area contributed by atoms with E-state index < -0.39 is 18.3 Å². The van der Waals surface area contributed by atoms with Crippen molar-refractivity contribution in [3.63, 3.8) is 0 Å². The number of benzene rings is 3. The van der Waals surface area contributed by atoms with E-state index in [1.807, 2.05) is 5.57 Å². The van der Waals surface area contributed by atoms with E-state index in [-0.39, 0.29) is 55.0 Å². The predicted molar refractivity (Wildman–Crippen MR) is 265 cm³/mol. The molecular formula is C58H74Cl2Zr. The van der Waals surface area contributed by atoms with Crippen LogP contribution in [-0.4, -0.2) is 4.21 Å². The molecule has 3 heteroatoms. The van der Waals surface area contributed by atoms with Crippen LogP contribution in [0.3, 0.4) is 0 Å². The molecule has 5 saturated carbocycles. The summed E-state index contributed by atoms with van der Waals surface area (Å²) in [6, 6.07) is 26.4. The first-order valence-electron chi connectivity index (χ1n) is 23.9. The van der Waals surface area contributed by atoms with Crippen LogP contribution >= 0.6 is 24.8 Å². The van der Waals surface area contributed by atoms with Gasteiger partial charge in [-0.05, 0) is 0 Å². The monoisotopic (exact) mass is 930 g/mol. The van der Waals surface area contributed by atoms with E-state index in [4.69, 9.17) is 4.21 Å². The summed E-state index contributed by atoms with van der Waals surface area (Å²) in [5.74, 6) is 4.42. The van der Waals surface area contributed by atoms with Crippen molar-refractivity contribution < 1.29 is 18.3 Å². The Kier molecular flexibility index (Phi) is 9.78. The van der Waals surface area contributed by atoms with Crippen molar-refractivity contribution in [3.8, 4) is 0 Å². The maximum absolute atomic E-state index is 6.24. The zero-order valence-electron chi connectivity index (χ0n) is 39.3. The van der Waals surface area contributed by atoms with Gasteiger partial charge < -0.3 is 0 Å². The third-order valence-electron chi connectivity index (χ3n) is 22.6. The Bertz CT molecular complexity index is 2590. The molecule has 4 unspecified atom stereocenters. The van der Waals surface area contributed by atoms with Gasteiger partial charge in [0.25, 0.3) is 0 Å². The molecule has 3 aromatic rings. The van der Waals surface area contributed by atoms with E-state index in [0.29, 0.717) is 11.8 Å². The molecule has 0 nitrogen and oxygen atoms in total. The van der Waals surface area contributed by atoms with Gasteiger partial charge in [-0.15, -0.1) is 24.8 Å². The molecule has 0 N–H and O–H groups in total. The number of fused-ring (bicyclic) bond motifs is 7. The van der Waals surface area contributed by atoms with Gasteiger partial charge in [0.1, 0.15) is 0 Å². The van der Waals surface area contributed by atoms with Crippen molar-refractivity contribution in [3.05, 3.63) is 128 Å². The van der Waals surface area contributed by atoms with Gasteiger partial charge >= 0.3 is 361 Å². The van der Waals surface area contributed by atoms with Gasteiger partial charge in [-0.1, -0.05) is 0 Å². The van der Waals surface area contributed by atoms with E-state index in [1.54, 1.807) is 28.8 Å². The van der Waals surface area contributed by atoms with E-state index in [2.05, 4.69) is 165 Å². The first-order chi connectivity index (χ1) is 27.7. The fourth-order valence-electron chi connectivity index (χ4n) is 18.0. The number of halogens is 2. The average molecular weight is 933 g/mol. The molecule has 0 radical (unpaired) electrons. The van der Waals surface area contributed by atoms with Gasteiger partial charge in [0, 0.05) is 0 Å². The molecule has 4 bridgehead atoms. The summed E-state index contributed by atoms with van der Waals surface area (Å²) in [6.45, 7) is 27.2. The molecule has 3 aromatic carbocycles. The molecule has 9 aliphatic rings. The van der Waals surface area contributed by atoms with E-state index in [1.165, 1.54) is 60.4 Å². The summed E-state index contributed by atoms with van der Waals surface area (Å²) in [5.41, 5.74) is 11.5. The van der Waals surface area contributed by atoms with Crippen LogP contribution in [0.5, 0.6) is 0 Å².